The maximum Gasteiger partial charge on any atom is 0.315 e. The lowest BCUT2D eigenvalue weighted by Gasteiger charge is -2.13. The summed E-state index contributed by atoms with van der Waals surface area (Å²) in [6, 6.07) is 7.78. The van der Waals surface area contributed by atoms with Crippen LogP contribution < -0.4 is 16.0 Å². The third-order valence-electron chi connectivity index (χ3n) is 2.49. The predicted octanol–water partition coefficient (Wildman–Crippen LogP) is 1.69. The zero-order valence-corrected chi connectivity index (χ0v) is 11.7. The summed E-state index contributed by atoms with van der Waals surface area (Å²) in [5.74, 6) is 0. The van der Waals surface area contributed by atoms with Crippen molar-refractivity contribution in [3.8, 4) is 0 Å². The lowest BCUT2D eigenvalue weighted by atomic mass is 10.2. The molecule has 5 heteroatoms. The van der Waals surface area contributed by atoms with Crippen molar-refractivity contribution in [2.24, 2.45) is 0 Å². The van der Waals surface area contributed by atoms with Crippen LogP contribution in [0.4, 0.5) is 10.5 Å². The van der Waals surface area contributed by atoms with Gasteiger partial charge in [-0.2, -0.15) is 0 Å². The molecule has 0 aromatic heterocycles. The summed E-state index contributed by atoms with van der Waals surface area (Å²) < 4.78 is 0. The fraction of sp³-hybridized carbons (Fsp3) is 0.500. The number of nitrogens with one attached hydrogen (secondary N) is 3. The van der Waals surface area contributed by atoms with Crippen molar-refractivity contribution in [2.75, 3.05) is 11.9 Å². The van der Waals surface area contributed by atoms with Gasteiger partial charge in [0.05, 0.1) is 12.6 Å². The fourth-order valence-electron chi connectivity index (χ4n) is 1.61. The van der Waals surface area contributed by atoms with Gasteiger partial charge in [0.1, 0.15) is 0 Å². The average molecular weight is 265 g/mol. The summed E-state index contributed by atoms with van der Waals surface area (Å²) in [5, 5.41) is 17.5. The van der Waals surface area contributed by atoms with Crippen LogP contribution in [0, 0.1) is 0 Å². The van der Waals surface area contributed by atoms with Crippen LogP contribution in [0.1, 0.15) is 26.3 Å². The Morgan fingerprint density at radius 2 is 2.05 bits per heavy atom. The number of hydrogen-bond acceptors (Lipinski definition) is 3. The Bertz CT molecular complexity index is 407. The van der Waals surface area contributed by atoms with Crippen molar-refractivity contribution >= 4 is 11.7 Å². The highest BCUT2D eigenvalue weighted by Gasteiger charge is 2.05. The minimum atomic E-state index is -0.274. The molecule has 5 nitrogen and oxygen atoms in total. The number of aliphatic hydroxyl groups is 1. The van der Waals surface area contributed by atoms with Gasteiger partial charge in [0, 0.05) is 18.3 Å². The Hall–Kier alpha value is -1.75. The van der Waals surface area contributed by atoms with Gasteiger partial charge in [-0.1, -0.05) is 12.1 Å². The lowest BCUT2D eigenvalue weighted by Crippen LogP contribution is -2.41. The van der Waals surface area contributed by atoms with E-state index in [9.17, 15) is 4.79 Å². The van der Waals surface area contributed by atoms with Crippen LogP contribution in [0.15, 0.2) is 24.3 Å². The molecule has 1 rings (SSSR count). The van der Waals surface area contributed by atoms with Crippen LogP contribution in [0.3, 0.4) is 0 Å². The minimum Gasteiger partial charge on any atom is -0.394 e. The SMILES string of the molecule is CC(C)Nc1cccc(CNC(=O)N[C@@H](C)CO)c1. The van der Waals surface area contributed by atoms with Gasteiger partial charge >= 0.3 is 6.03 Å². The van der Waals surface area contributed by atoms with Gasteiger partial charge in [-0.3, -0.25) is 0 Å². The Morgan fingerprint density at radius 1 is 1.32 bits per heavy atom. The van der Waals surface area contributed by atoms with Gasteiger partial charge in [-0.05, 0) is 38.5 Å². The van der Waals surface area contributed by atoms with E-state index >= 15 is 0 Å². The molecule has 0 aliphatic rings. The number of anilines is 1. The number of benzene rings is 1. The van der Waals surface area contributed by atoms with E-state index in [-0.39, 0.29) is 18.7 Å². The molecular weight excluding hydrogens is 242 g/mol. The van der Waals surface area contributed by atoms with Crippen LogP contribution in [0.2, 0.25) is 0 Å². The Morgan fingerprint density at radius 3 is 2.68 bits per heavy atom. The van der Waals surface area contributed by atoms with Gasteiger partial charge < -0.3 is 21.1 Å². The molecular formula is C14H23N3O2. The summed E-state index contributed by atoms with van der Waals surface area (Å²) in [7, 11) is 0. The van der Waals surface area contributed by atoms with E-state index in [1.807, 2.05) is 24.3 Å². The molecule has 1 aromatic rings. The highest BCUT2D eigenvalue weighted by Crippen LogP contribution is 2.11. The molecule has 0 fully saturated rings. The van der Waals surface area contributed by atoms with E-state index in [0.29, 0.717) is 12.6 Å². The first-order chi connectivity index (χ1) is 9.01. The van der Waals surface area contributed by atoms with Gasteiger partial charge in [0.2, 0.25) is 0 Å². The zero-order chi connectivity index (χ0) is 14.3. The molecule has 0 saturated heterocycles. The summed E-state index contributed by atoms with van der Waals surface area (Å²) in [6.45, 7) is 6.29. The molecule has 0 aliphatic carbocycles. The number of carbonyl (C=O) groups is 1. The number of amides is 2. The minimum absolute atomic E-state index is 0.0682. The molecule has 0 saturated carbocycles. The molecule has 2 amide bonds. The van der Waals surface area contributed by atoms with Crippen molar-refractivity contribution in [3.05, 3.63) is 29.8 Å². The zero-order valence-electron chi connectivity index (χ0n) is 11.7. The summed E-state index contributed by atoms with van der Waals surface area (Å²) in [6.07, 6.45) is 0. The van der Waals surface area contributed by atoms with E-state index in [2.05, 4.69) is 29.8 Å². The van der Waals surface area contributed by atoms with E-state index < -0.39 is 0 Å². The van der Waals surface area contributed by atoms with Crippen LogP contribution in [-0.2, 0) is 6.54 Å². The monoisotopic (exact) mass is 265 g/mol. The average Bonchev–Trinajstić information content (AvgIpc) is 2.36. The Kier molecular flexibility index (Phi) is 6.15. The first-order valence-corrected chi connectivity index (χ1v) is 6.52. The fourth-order valence-corrected chi connectivity index (χ4v) is 1.61. The Labute approximate surface area is 114 Å². The second kappa shape index (κ2) is 7.63. The Balaban J connectivity index is 2.46. The maximum absolute atomic E-state index is 11.5. The summed E-state index contributed by atoms with van der Waals surface area (Å²) in [5.41, 5.74) is 2.07. The smallest absolute Gasteiger partial charge is 0.315 e. The second-order valence-electron chi connectivity index (χ2n) is 4.91. The number of urea groups is 1. The molecule has 106 valence electrons. The van der Waals surface area contributed by atoms with Gasteiger partial charge in [0.25, 0.3) is 0 Å². The number of rotatable bonds is 6. The number of carbonyl (C=O) groups excluding carboxylic acids is 1. The topological polar surface area (TPSA) is 73.4 Å². The van der Waals surface area contributed by atoms with Crippen molar-refractivity contribution in [2.45, 2.75) is 39.4 Å². The number of hydrogen-bond donors (Lipinski definition) is 4. The molecule has 4 N–H and O–H groups in total. The summed E-state index contributed by atoms with van der Waals surface area (Å²) in [4.78, 5) is 11.5. The lowest BCUT2D eigenvalue weighted by molar-refractivity contribution is 0.220. The van der Waals surface area contributed by atoms with E-state index in [1.54, 1.807) is 6.92 Å². The molecule has 0 radical (unpaired) electrons. The first kappa shape index (κ1) is 15.3. The molecule has 1 aromatic carbocycles. The standard InChI is InChI=1S/C14H23N3O2/c1-10(2)16-13-6-4-5-12(7-13)8-15-14(19)17-11(3)9-18/h4-7,10-11,16,18H,8-9H2,1-3H3,(H2,15,17,19)/t11-/m0/s1. The number of aliphatic hydroxyl groups excluding tert-OH is 1. The van der Waals surface area contributed by atoms with Gasteiger partial charge in [-0.25, -0.2) is 4.79 Å². The predicted molar refractivity (Wildman–Crippen MR) is 77.1 cm³/mol. The molecule has 0 aliphatic heterocycles. The van der Waals surface area contributed by atoms with Crippen molar-refractivity contribution in [1.82, 2.24) is 10.6 Å². The van der Waals surface area contributed by atoms with Crippen molar-refractivity contribution in [1.29, 1.82) is 0 Å². The van der Waals surface area contributed by atoms with Crippen molar-refractivity contribution in [3.63, 3.8) is 0 Å². The molecule has 0 spiro atoms. The van der Waals surface area contributed by atoms with Crippen LogP contribution >= 0.6 is 0 Å². The van der Waals surface area contributed by atoms with Gasteiger partial charge in [0.15, 0.2) is 0 Å². The molecule has 19 heavy (non-hydrogen) atoms. The van der Waals surface area contributed by atoms with E-state index in [1.165, 1.54) is 0 Å². The van der Waals surface area contributed by atoms with Crippen LogP contribution in [0.25, 0.3) is 0 Å². The molecule has 0 bridgehead atoms. The highest BCUT2D eigenvalue weighted by atomic mass is 16.3. The maximum atomic E-state index is 11.5. The van der Waals surface area contributed by atoms with Crippen molar-refractivity contribution < 1.29 is 9.90 Å². The highest BCUT2D eigenvalue weighted by molar-refractivity contribution is 5.74. The van der Waals surface area contributed by atoms with E-state index in [0.717, 1.165) is 11.3 Å². The largest absolute Gasteiger partial charge is 0.394 e. The molecule has 0 heterocycles. The molecule has 0 unspecified atom stereocenters. The normalized spacial score (nSPS) is 12.1. The van der Waals surface area contributed by atoms with Crippen LogP contribution in [0.5, 0.6) is 0 Å². The van der Waals surface area contributed by atoms with E-state index in [4.69, 9.17) is 5.11 Å². The molecule has 1 atom stereocenters. The second-order valence-corrected chi connectivity index (χ2v) is 4.91. The third-order valence-corrected chi connectivity index (χ3v) is 2.49. The summed E-state index contributed by atoms with van der Waals surface area (Å²) >= 11 is 0. The quantitative estimate of drug-likeness (QED) is 0.632. The third kappa shape index (κ3) is 6.10. The first-order valence-electron chi connectivity index (χ1n) is 6.52. The van der Waals surface area contributed by atoms with Crippen LogP contribution in [-0.4, -0.2) is 29.8 Å². The van der Waals surface area contributed by atoms with Gasteiger partial charge in [-0.15, -0.1) is 0 Å².